The highest BCUT2D eigenvalue weighted by Crippen LogP contribution is 2.26. The topological polar surface area (TPSA) is 29.3 Å². The van der Waals surface area contributed by atoms with Crippen LogP contribution in [0.5, 0.6) is 0 Å². The van der Waals surface area contributed by atoms with E-state index in [1.54, 1.807) is 0 Å². The second kappa shape index (κ2) is 6.79. The molecule has 0 aromatic heterocycles. The Labute approximate surface area is 111 Å². The van der Waals surface area contributed by atoms with E-state index in [-0.39, 0.29) is 0 Å². The van der Waals surface area contributed by atoms with Gasteiger partial charge in [0.15, 0.2) is 0 Å². The van der Waals surface area contributed by atoms with Crippen LogP contribution >= 0.6 is 0 Å². The van der Waals surface area contributed by atoms with Crippen LogP contribution < -0.4 is 10.6 Å². The highest BCUT2D eigenvalue weighted by Gasteiger charge is 2.18. The van der Waals surface area contributed by atoms with Gasteiger partial charge in [-0.05, 0) is 37.5 Å². The van der Waals surface area contributed by atoms with Crippen molar-refractivity contribution in [2.45, 2.75) is 58.0 Å². The van der Waals surface area contributed by atoms with Gasteiger partial charge in [-0.3, -0.25) is 0 Å². The van der Waals surface area contributed by atoms with Crippen LogP contribution in [0.2, 0.25) is 0 Å². The Morgan fingerprint density at radius 2 is 1.67 bits per heavy atom. The third kappa shape index (κ3) is 3.26. The molecule has 0 unspecified atom stereocenters. The van der Waals surface area contributed by atoms with E-state index in [4.69, 9.17) is 5.73 Å². The molecule has 0 aliphatic heterocycles. The minimum atomic E-state index is 0.635. The number of nitrogens with zero attached hydrogens (tertiary/aromatic N) is 1. The van der Waals surface area contributed by atoms with E-state index >= 15 is 0 Å². The Bertz CT molecular complexity index is 337. The number of rotatable bonds is 4. The summed E-state index contributed by atoms with van der Waals surface area (Å²) in [6, 6.07) is 9.53. The van der Waals surface area contributed by atoms with Crippen molar-refractivity contribution in [3.63, 3.8) is 0 Å². The zero-order chi connectivity index (χ0) is 12.8. The second-order valence-corrected chi connectivity index (χ2v) is 5.30. The first-order valence-electron chi connectivity index (χ1n) is 7.40. The molecule has 0 bridgehead atoms. The smallest absolute Gasteiger partial charge is 0.0368 e. The summed E-state index contributed by atoms with van der Waals surface area (Å²) in [7, 11) is 0. The molecule has 0 amide bonds. The maximum absolute atomic E-state index is 5.66. The van der Waals surface area contributed by atoms with Crippen molar-refractivity contribution in [3.8, 4) is 0 Å². The lowest BCUT2D eigenvalue weighted by Crippen LogP contribution is -2.34. The predicted molar refractivity (Wildman–Crippen MR) is 78.8 cm³/mol. The Kier molecular flexibility index (Phi) is 5.06. The van der Waals surface area contributed by atoms with Crippen molar-refractivity contribution >= 4 is 5.69 Å². The number of nitrogens with two attached hydrogens (primary N) is 1. The van der Waals surface area contributed by atoms with Crippen molar-refractivity contribution in [1.82, 2.24) is 0 Å². The van der Waals surface area contributed by atoms with Crippen molar-refractivity contribution in [2.24, 2.45) is 5.73 Å². The molecule has 0 saturated heterocycles. The number of hydrogen-bond acceptors (Lipinski definition) is 2. The van der Waals surface area contributed by atoms with E-state index in [0.29, 0.717) is 6.54 Å². The molecule has 0 heterocycles. The normalized spacial score (nSPS) is 17.4. The molecule has 0 radical (unpaired) electrons. The zero-order valence-corrected chi connectivity index (χ0v) is 11.6. The van der Waals surface area contributed by atoms with Gasteiger partial charge in [-0.1, -0.05) is 37.8 Å². The van der Waals surface area contributed by atoms with E-state index < -0.39 is 0 Å². The van der Waals surface area contributed by atoms with Crippen molar-refractivity contribution in [3.05, 3.63) is 29.8 Å². The van der Waals surface area contributed by atoms with Crippen LogP contribution in [-0.4, -0.2) is 12.6 Å². The highest BCUT2D eigenvalue weighted by atomic mass is 15.2. The van der Waals surface area contributed by atoms with Gasteiger partial charge in [-0.25, -0.2) is 0 Å². The van der Waals surface area contributed by atoms with Crippen LogP contribution in [0.25, 0.3) is 0 Å². The highest BCUT2D eigenvalue weighted by molar-refractivity contribution is 5.48. The van der Waals surface area contributed by atoms with Crippen LogP contribution in [0.4, 0.5) is 5.69 Å². The fourth-order valence-electron chi connectivity index (χ4n) is 3.04. The molecule has 100 valence electrons. The van der Waals surface area contributed by atoms with E-state index in [0.717, 1.165) is 12.6 Å². The maximum Gasteiger partial charge on any atom is 0.0368 e. The van der Waals surface area contributed by atoms with Crippen LogP contribution in [0, 0.1) is 0 Å². The molecule has 1 fully saturated rings. The molecule has 1 aliphatic carbocycles. The van der Waals surface area contributed by atoms with Crippen LogP contribution in [0.3, 0.4) is 0 Å². The average Bonchev–Trinajstić information content (AvgIpc) is 2.70. The first kappa shape index (κ1) is 13.4. The van der Waals surface area contributed by atoms with Crippen LogP contribution in [0.15, 0.2) is 24.3 Å². The average molecular weight is 246 g/mol. The molecular weight excluding hydrogens is 220 g/mol. The predicted octanol–water partition coefficient (Wildman–Crippen LogP) is 3.69. The van der Waals surface area contributed by atoms with E-state index in [1.165, 1.54) is 49.8 Å². The molecule has 18 heavy (non-hydrogen) atoms. The molecule has 2 heteroatoms. The largest absolute Gasteiger partial charge is 0.369 e. The summed E-state index contributed by atoms with van der Waals surface area (Å²) in [6.07, 6.45) is 8.32. The summed E-state index contributed by atoms with van der Waals surface area (Å²) in [5, 5.41) is 0. The summed E-state index contributed by atoms with van der Waals surface area (Å²) in [4.78, 5) is 2.58. The first-order valence-corrected chi connectivity index (χ1v) is 7.40. The SMILES string of the molecule is CCN(c1ccc(CN)cc1)C1CCCCCC1. The number of anilines is 1. The minimum absolute atomic E-state index is 0.635. The fourth-order valence-corrected chi connectivity index (χ4v) is 3.04. The van der Waals surface area contributed by atoms with Gasteiger partial charge in [0.2, 0.25) is 0 Å². The van der Waals surface area contributed by atoms with Crippen molar-refractivity contribution < 1.29 is 0 Å². The molecular formula is C16H26N2. The minimum Gasteiger partial charge on any atom is -0.369 e. The first-order chi connectivity index (χ1) is 8.85. The quantitative estimate of drug-likeness (QED) is 0.821. The Morgan fingerprint density at radius 3 is 2.17 bits per heavy atom. The zero-order valence-electron chi connectivity index (χ0n) is 11.6. The lowest BCUT2D eigenvalue weighted by Gasteiger charge is -2.32. The standard InChI is InChI=1S/C16H26N2/c1-2-18(15-7-5-3-4-6-8-15)16-11-9-14(13-17)10-12-16/h9-12,15H,2-8,13,17H2,1H3. The summed E-state index contributed by atoms with van der Waals surface area (Å²) in [6.45, 7) is 4.00. The molecule has 1 aromatic rings. The maximum atomic E-state index is 5.66. The molecule has 2 rings (SSSR count). The van der Waals surface area contributed by atoms with E-state index in [9.17, 15) is 0 Å². The molecule has 1 aliphatic rings. The van der Waals surface area contributed by atoms with Gasteiger partial charge in [-0.15, -0.1) is 0 Å². The molecule has 0 atom stereocenters. The lowest BCUT2D eigenvalue weighted by atomic mass is 10.1. The van der Waals surface area contributed by atoms with Crippen LogP contribution in [0.1, 0.15) is 51.0 Å². The van der Waals surface area contributed by atoms with Gasteiger partial charge in [0.1, 0.15) is 0 Å². The second-order valence-electron chi connectivity index (χ2n) is 5.30. The monoisotopic (exact) mass is 246 g/mol. The summed E-state index contributed by atoms with van der Waals surface area (Å²) < 4.78 is 0. The summed E-state index contributed by atoms with van der Waals surface area (Å²) >= 11 is 0. The van der Waals surface area contributed by atoms with Gasteiger partial charge in [0.25, 0.3) is 0 Å². The number of hydrogen-bond donors (Lipinski definition) is 1. The summed E-state index contributed by atoms with van der Waals surface area (Å²) in [5.74, 6) is 0. The molecule has 2 N–H and O–H groups in total. The molecule has 2 nitrogen and oxygen atoms in total. The third-order valence-electron chi connectivity index (χ3n) is 4.11. The Balaban J connectivity index is 2.10. The fraction of sp³-hybridized carbons (Fsp3) is 0.625. The van der Waals surface area contributed by atoms with Gasteiger partial charge in [-0.2, -0.15) is 0 Å². The van der Waals surface area contributed by atoms with Gasteiger partial charge in [0, 0.05) is 24.8 Å². The number of benzene rings is 1. The van der Waals surface area contributed by atoms with Gasteiger partial charge >= 0.3 is 0 Å². The Hall–Kier alpha value is -1.02. The van der Waals surface area contributed by atoms with Crippen molar-refractivity contribution in [1.29, 1.82) is 0 Å². The van der Waals surface area contributed by atoms with Gasteiger partial charge < -0.3 is 10.6 Å². The summed E-state index contributed by atoms with van der Waals surface area (Å²) in [5.41, 5.74) is 8.24. The van der Waals surface area contributed by atoms with Crippen LogP contribution in [-0.2, 0) is 6.54 Å². The van der Waals surface area contributed by atoms with E-state index in [1.807, 2.05) is 0 Å². The van der Waals surface area contributed by atoms with Gasteiger partial charge in [0.05, 0.1) is 0 Å². The Morgan fingerprint density at radius 1 is 1.06 bits per heavy atom. The molecule has 1 saturated carbocycles. The lowest BCUT2D eigenvalue weighted by molar-refractivity contribution is 0.533. The molecule has 0 spiro atoms. The molecule has 1 aromatic carbocycles. The third-order valence-corrected chi connectivity index (χ3v) is 4.11. The van der Waals surface area contributed by atoms with Crippen molar-refractivity contribution in [2.75, 3.05) is 11.4 Å². The van der Waals surface area contributed by atoms with E-state index in [2.05, 4.69) is 36.1 Å².